The zero-order chi connectivity index (χ0) is 19.9. The number of amides is 1. The minimum atomic E-state index is -0.875. The summed E-state index contributed by atoms with van der Waals surface area (Å²) in [7, 11) is 0. The molecule has 0 heterocycles. The molecule has 2 aromatic carbocycles. The van der Waals surface area contributed by atoms with Gasteiger partial charge in [0.1, 0.15) is 5.75 Å². The van der Waals surface area contributed by atoms with Crippen molar-refractivity contribution < 1.29 is 19.1 Å². The van der Waals surface area contributed by atoms with E-state index in [-0.39, 0.29) is 18.1 Å². The van der Waals surface area contributed by atoms with Crippen molar-refractivity contribution in [2.45, 2.75) is 45.8 Å². The number of hydrogen-bond acceptors (Lipinski definition) is 4. The fourth-order valence-electron chi connectivity index (χ4n) is 2.50. The number of para-hydroxylation sites is 1. The lowest BCUT2D eigenvalue weighted by Gasteiger charge is -2.23. The Bertz CT molecular complexity index is 765. The number of carbonyl (C=O) groups excluding carboxylic acids is 2. The highest BCUT2D eigenvalue weighted by Gasteiger charge is 2.22. The third-order valence-corrected chi connectivity index (χ3v) is 3.73. The highest BCUT2D eigenvalue weighted by Crippen LogP contribution is 2.21. The zero-order valence-corrected chi connectivity index (χ0v) is 16.3. The summed E-state index contributed by atoms with van der Waals surface area (Å²) in [4.78, 5) is 24.0. The van der Waals surface area contributed by atoms with E-state index in [2.05, 4.69) is 5.32 Å². The fourth-order valence-corrected chi connectivity index (χ4v) is 2.50. The molecule has 1 N–H and O–H groups in total. The molecule has 144 valence electrons. The van der Waals surface area contributed by atoms with E-state index in [9.17, 15) is 9.59 Å². The number of rotatable bonds is 7. The monoisotopic (exact) mass is 369 g/mol. The molecule has 5 heteroatoms. The molecule has 1 unspecified atom stereocenters. The molecular weight excluding hydrogens is 342 g/mol. The third-order valence-electron chi connectivity index (χ3n) is 3.73. The van der Waals surface area contributed by atoms with Crippen molar-refractivity contribution in [1.82, 2.24) is 5.32 Å². The quantitative estimate of drug-likeness (QED) is 0.759. The predicted molar refractivity (Wildman–Crippen MR) is 105 cm³/mol. The van der Waals surface area contributed by atoms with Crippen LogP contribution in [-0.2, 0) is 20.7 Å². The Morgan fingerprint density at radius 2 is 1.63 bits per heavy atom. The average Bonchev–Trinajstić information content (AvgIpc) is 2.60. The van der Waals surface area contributed by atoms with E-state index in [0.717, 1.165) is 11.1 Å². The van der Waals surface area contributed by atoms with Gasteiger partial charge in [0.2, 0.25) is 0 Å². The number of esters is 1. The topological polar surface area (TPSA) is 64.6 Å². The van der Waals surface area contributed by atoms with Crippen LogP contribution in [0.1, 0.15) is 38.8 Å². The molecule has 1 amide bonds. The second kappa shape index (κ2) is 9.21. The van der Waals surface area contributed by atoms with Crippen LogP contribution in [0.5, 0.6) is 5.75 Å². The summed E-state index contributed by atoms with van der Waals surface area (Å²) in [6.07, 6.45) is -0.170. The van der Waals surface area contributed by atoms with E-state index < -0.39 is 12.1 Å². The van der Waals surface area contributed by atoms with Gasteiger partial charge in [-0.15, -0.1) is 0 Å². The van der Waals surface area contributed by atoms with Gasteiger partial charge in [-0.2, -0.15) is 0 Å². The van der Waals surface area contributed by atoms with Crippen LogP contribution in [0, 0.1) is 0 Å². The summed E-state index contributed by atoms with van der Waals surface area (Å²) < 4.78 is 10.8. The van der Waals surface area contributed by atoms with Gasteiger partial charge in [-0.25, -0.2) is 4.79 Å². The third kappa shape index (κ3) is 7.13. The van der Waals surface area contributed by atoms with Gasteiger partial charge in [-0.05, 0) is 44.9 Å². The number of nitrogens with one attached hydrogen (secondary N) is 1. The van der Waals surface area contributed by atoms with Crippen LogP contribution in [-0.4, -0.2) is 30.1 Å². The Balaban J connectivity index is 1.91. The molecule has 27 heavy (non-hydrogen) atoms. The van der Waals surface area contributed by atoms with Crippen LogP contribution in [0.2, 0.25) is 0 Å². The molecule has 1 atom stereocenters. The Hall–Kier alpha value is -2.82. The van der Waals surface area contributed by atoms with Crippen molar-refractivity contribution in [2.24, 2.45) is 0 Å². The molecule has 5 nitrogen and oxygen atoms in total. The average molecular weight is 369 g/mol. The van der Waals surface area contributed by atoms with E-state index in [1.54, 1.807) is 6.92 Å². The number of ether oxygens (including phenoxy) is 2. The van der Waals surface area contributed by atoms with E-state index in [4.69, 9.17) is 9.47 Å². The molecule has 2 aromatic rings. The number of hydrogen-bond donors (Lipinski definition) is 1. The molecule has 0 aromatic heterocycles. The minimum Gasteiger partial charge on any atom is -0.482 e. The SMILES string of the molecule is CC(OC(=O)COc1ccccc1Cc1ccccc1)C(=O)NC(C)(C)C. The summed E-state index contributed by atoms with van der Waals surface area (Å²) in [5, 5.41) is 2.78. The normalized spacial score (nSPS) is 12.1. The Kier molecular flexibility index (Phi) is 6.99. The van der Waals surface area contributed by atoms with Gasteiger partial charge in [-0.3, -0.25) is 4.79 Å². The maximum Gasteiger partial charge on any atom is 0.344 e. The summed E-state index contributed by atoms with van der Waals surface area (Å²) in [6.45, 7) is 6.89. The van der Waals surface area contributed by atoms with Gasteiger partial charge in [0.05, 0.1) is 0 Å². The summed E-state index contributed by atoms with van der Waals surface area (Å²) >= 11 is 0. The lowest BCUT2D eigenvalue weighted by molar-refractivity contribution is -0.157. The van der Waals surface area contributed by atoms with Crippen LogP contribution in [0.25, 0.3) is 0 Å². The van der Waals surface area contributed by atoms with Gasteiger partial charge < -0.3 is 14.8 Å². The first-order valence-corrected chi connectivity index (χ1v) is 9.01. The summed E-state index contributed by atoms with van der Waals surface area (Å²) in [6, 6.07) is 17.6. The molecule has 2 rings (SSSR count). The maximum atomic E-state index is 12.0. The van der Waals surface area contributed by atoms with Crippen LogP contribution < -0.4 is 10.1 Å². The second-order valence-corrected chi connectivity index (χ2v) is 7.43. The Morgan fingerprint density at radius 1 is 1.00 bits per heavy atom. The predicted octanol–water partition coefficient (Wildman–Crippen LogP) is 3.50. The van der Waals surface area contributed by atoms with E-state index in [1.807, 2.05) is 75.4 Å². The van der Waals surface area contributed by atoms with Crippen molar-refractivity contribution in [3.05, 3.63) is 65.7 Å². The lowest BCUT2D eigenvalue weighted by Crippen LogP contribution is -2.46. The Morgan fingerprint density at radius 3 is 2.30 bits per heavy atom. The van der Waals surface area contributed by atoms with Crippen molar-refractivity contribution in [2.75, 3.05) is 6.61 Å². The van der Waals surface area contributed by atoms with Crippen molar-refractivity contribution >= 4 is 11.9 Å². The molecule has 0 saturated carbocycles. The largest absolute Gasteiger partial charge is 0.482 e. The van der Waals surface area contributed by atoms with Crippen LogP contribution in [0.3, 0.4) is 0 Å². The molecule has 0 aliphatic rings. The number of benzene rings is 2. The first-order valence-electron chi connectivity index (χ1n) is 9.01. The van der Waals surface area contributed by atoms with E-state index in [0.29, 0.717) is 12.2 Å². The van der Waals surface area contributed by atoms with Gasteiger partial charge in [0, 0.05) is 12.0 Å². The van der Waals surface area contributed by atoms with Gasteiger partial charge in [0.25, 0.3) is 5.91 Å². The van der Waals surface area contributed by atoms with Crippen LogP contribution in [0.15, 0.2) is 54.6 Å². The zero-order valence-electron chi connectivity index (χ0n) is 16.3. The van der Waals surface area contributed by atoms with Crippen molar-refractivity contribution in [1.29, 1.82) is 0 Å². The van der Waals surface area contributed by atoms with E-state index in [1.165, 1.54) is 0 Å². The van der Waals surface area contributed by atoms with Crippen LogP contribution in [0.4, 0.5) is 0 Å². The summed E-state index contributed by atoms with van der Waals surface area (Å²) in [5.41, 5.74) is 1.75. The molecule has 0 saturated heterocycles. The molecule has 0 aliphatic heterocycles. The first kappa shape index (κ1) is 20.5. The Labute approximate surface area is 160 Å². The van der Waals surface area contributed by atoms with Crippen molar-refractivity contribution in [3.63, 3.8) is 0 Å². The molecule has 0 aliphatic carbocycles. The standard InChI is InChI=1S/C22H27NO4/c1-16(21(25)23-22(2,3)4)27-20(24)15-26-19-13-9-8-12-18(19)14-17-10-6-5-7-11-17/h5-13,16H,14-15H2,1-4H3,(H,23,25). The number of carbonyl (C=O) groups is 2. The highest BCUT2D eigenvalue weighted by molar-refractivity contribution is 5.84. The molecule has 0 radical (unpaired) electrons. The van der Waals surface area contributed by atoms with Crippen LogP contribution >= 0.6 is 0 Å². The van der Waals surface area contributed by atoms with E-state index >= 15 is 0 Å². The highest BCUT2D eigenvalue weighted by atomic mass is 16.6. The molecule has 0 spiro atoms. The van der Waals surface area contributed by atoms with Gasteiger partial charge >= 0.3 is 5.97 Å². The molecule has 0 fully saturated rings. The first-order chi connectivity index (χ1) is 12.7. The molecule has 0 bridgehead atoms. The summed E-state index contributed by atoms with van der Waals surface area (Å²) in [5.74, 6) is -0.286. The second-order valence-electron chi connectivity index (χ2n) is 7.43. The molecular formula is C22H27NO4. The lowest BCUT2D eigenvalue weighted by atomic mass is 10.0. The van der Waals surface area contributed by atoms with Crippen molar-refractivity contribution in [3.8, 4) is 5.75 Å². The fraction of sp³-hybridized carbons (Fsp3) is 0.364. The van der Waals surface area contributed by atoms with Gasteiger partial charge in [-0.1, -0.05) is 48.5 Å². The maximum absolute atomic E-state index is 12.0. The smallest absolute Gasteiger partial charge is 0.344 e. The van der Waals surface area contributed by atoms with Gasteiger partial charge in [0.15, 0.2) is 12.7 Å². The minimum absolute atomic E-state index is 0.251.